The molecule has 0 rings (SSSR count). The van der Waals surface area contributed by atoms with Crippen molar-refractivity contribution in [1.29, 1.82) is 0 Å². The number of carbonyl (C=O) groups excluding carboxylic acids is 2. The molecule has 0 saturated carbocycles. The third kappa shape index (κ3) is 11.2. The zero-order chi connectivity index (χ0) is 12.6. The highest BCUT2D eigenvalue weighted by Gasteiger charge is 2.06. The Hall–Kier alpha value is -0.860. The van der Waals surface area contributed by atoms with Crippen LogP contribution >= 0.6 is 0 Å². The van der Waals surface area contributed by atoms with Crippen molar-refractivity contribution < 1.29 is 9.59 Å². The smallest absolute Gasteiger partial charge is 0.224 e. The van der Waals surface area contributed by atoms with Gasteiger partial charge in [-0.15, -0.1) is 0 Å². The van der Waals surface area contributed by atoms with E-state index in [1.54, 1.807) is 19.0 Å². The first-order chi connectivity index (χ1) is 6.73. The second-order valence-corrected chi connectivity index (χ2v) is 4.36. The van der Waals surface area contributed by atoms with Crippen LogP contribution in [0.25, 0.3) is 0 Å². The topological polar surface area (TPSA) is 37.4 Å². The molecule has 0 aromatic carbocycles. The van der Waals surface area contributed by atoms with Crippen LogP contribution in [-0.2, 0) is 9.59 Å². The molecular weight excluding hydrogens is 202 g/mol. The average Bonchev–Trinajstić information content (AvgIpc) is 2.15. The standard InChI is InChI=1S/C6H13NO.C6H12O.CH4/c1-5(2)6(8)7(3)4;1-4-6(7)5(2)3;/h5H,1-4H3;5H,4H2,1-3H3;1H4. The molecule has 0 radical (unpaired) electrons. The summed E-state index contributed by atoms with van der Waals surface area (Å²) in [7, 11) is 3.53. The molecule has 3 heteroatoms. The number of amides is 1. The number of rotatable bonds is 3. The van der Waals surface area contributed by atoms with Gasteiger partial charge in [0.15, 0.2) is 0 Å². The van der Waals surface area contributed by atoms with Crippen molar-refractivity contribution in [2.24, 2.45) is 11.8 Å². The first-order valence-corrected chi connectivity index (χ1v) is 5.47. The van der Waals surface area contributed by atoms with Crippen LogP contribution in [0, 0.1) is 11.8 Å². The molecule has 0 bridgehead atoms. The molecule has 0 N–H and O–H groups in total. The summed E-state index contributed by atoms with van der Waals surface area (Å²) in [5.41, 5.74) is 0. The summed E-state index contributed by atoms with van der Waals surface area (Å²) < 4.78 is 0. The highest BCUT2D eigenvalue weighted by molar-refractivity contribution is 5.79. The molecule has 0 aliphatic carbocycles. The molecule has 3 nitrogen and oxygen atoms in total. The number of hydrogen-bond donors (Lipinski definition) is 0. The van der Waals surface area contributed by atoms with E-state index >= 15 is 0 Å². The van der Waals surface area contributed by atoms with Crippen LogP contribution in [0.4, 0.5) is 0 Å². The monoisotopic (exact) mass is 231 g/mol. The average molecular weight is 231 g/mol. The lowest BCUT2D eigenvalue weighted by Crippen LogP contribution is -2.26. The molecule has 0 aliphatic heterocycles. The predicted molar refractivity (Wildman–Crippen MR) is 70.4 cm³/mol. The van der Waals surface area contributed by atoms with E-state index in [4.69, 9.17) is 0 Å². The van der Waals surface area contributed by atoms with Gasteiger partial charge in [0.05, 0.1) is 0 Å². The van der Waals surface area contributed by atoms with E-state index in [1.807, 2.05) is 34.6 Å². The van der Waals surface area contributed by atoms with Crippen molar-refractivity contribution in [2.75, 3.05) is 14.1 Å². The Balaban J connectivity index is -0.000000200. The lowest BCUT2D eigenvalue weighted by molar-refractivity contribution is -0.131. The zero-order valence-corrected chi connectivity index (χ0v) is 11.1. The Kier molecular flexibility index (Phi) is 13.7. The molecule has 0 fully saturated rings. The van der Waals surface area contributed by atoms with Gasteiger partial charge in [0.1, 0.15) is 5.78 Å². The number of ketones is 1. The first kappa shape index (κ1) is 20.5. The van der Waals surface area contributed by atoms with Gasteiger partial charge in [-0.2, -0.15) is 0 Å². The normalized spacial score (nSPS) is 9.06. The highest BCUT2D eigenvalue weighted by atomic mass is 16.2. The highest BCUT2D eigenvalue weighted by Crippen LogP contribution is 1.95. The third-order valence-electron chi connectivity index (χ3n) is 1.93. The fourth-order valence-corrected chi connectivity index (χ4v) is 0.925. The minimum absolute atomic E-state index is 0. The van der Waals surface area contributed by atoms with Crippen LogP contribution < -0.4 is 0 Å². The second-order valence-electron chi connectivity index (χ2n) is 4.36. The van der Waals surface area contributed by atoms with E-state index in [0.717, 1.165) is 0 Å². The second kappa shape index (κ2) is 10.7. The Morgan fingerprint density at radius 3 is 1.38 bits per heavy atom. The summed E-state index contributed by atoms with van der Waals surface area (Å²) >= 11 is 0. The summed E-state index contributed by atoms with van der Waals surface area (Å²) in [4.78, 5) is 22.9. The van der Waals surface area contributed by atoms with Gasteiger partial charge < -0.3 is 4.90 Å². The van der Waals surface area contributed by atoms with E-state index < -0.39 is 0 Å². The molecule has 16 heavy (non-hydrogen) atoms. The molecule has 0 unspecified atom stereocenters. The summed E-state index contributed by atoms with van der Waals surface area (Å²) in [5, 5.41) is 0. The van der Waals surface area contributed by atoms with Crippen LogP contribution in [0.5, 0.6) is 0 Å². The van der Waals surface area contributed by atoms with Crippen molar-refractivity contribution >= 4 is 11.7 Å². The minimum Gasteiger partial charge on any atom is -0.349 e. The lowest BCUT2D eigenvalue weighted by atomic mass is 10.1. The molecular formula is C13H29NO2. The van der Waals surface area contributed by atoms with Crippen LogP contribution in [0.3, 0.4) is 0 Å². The minimum atomic E-state index is 0. The fourth-order valence-electron chi connectivity index (χ4n) is 0.925. The van der Waals surface area contributed by atoms with E-state index in [2.05, 4.69) is 0 Å². The van der Waals surface area contributed by atoms with E-state index in [1.165, 1.54) is 0 Å². The van der Waals surface area contributed by atoms with Gasteiger partial charge in [-0.1, -0.05) is 42.0 Å². The van der Waals surface area contributed by atoms with Crippen LogP contribution in [0.1, 0.15) is 48.5 Å². The van der Waals surface area contributed by atoms with Crippen molar-refractivity contribution in [2.45, 2.75) is 48.5 Å². The molecule has 0 aromatic heterocycles. The number of Topliss-reactive ketones (excluding diaryl/α,β-unsaturated/α-hetero) is 1. The Bertz CT molecular complexity index is 186. The van der Waals surface area contributed by atoms with E-state index in [0.29, 0.717) is 12.2 Å². The van der Waals surface area contributed by atoms with Gasteiger partial charge in [0, 0.05) is 32.4 Å². The SMILES string of the molecule is C.CC(C)C(=O)N(C)C.CCC(=O)C(C)C. The summed E-state index contributed by atoms with van der Waals surface area (Å²) in [6, 6.07) is 0. The largest absolute Gasteiger partial charge is 0.349 e. The van der Waals surface area contributed by atoms with Crippen LogP contribution in [0.15, 0.2) is 0 Å². The fraction of sp³-hybridized carbons (Fsp3) is 0.846. The van der Waals surface area contributed by atoms with Crippen LogP contribution in [0.2, 0.25) is 0 Å². The van der Waals surface area contributed by atoms with Crippen molar-refractivity contribution in [3.05, 3.63) is 0 Å². The van der Waals surface area contributed by atoms with Crippen molar-refractivity contribution in [1.82, 2.24) is 4.90 Å². The maximum absolute atomic E-state index is 10.8. The quantitative estimate of drug-likeness (QED) is 0.749. The number of carbonyl (C=O) groups is 2. The molecule has 0 atom stereocenters. The third-order valence-corrected chi connectivity index (χ3v) is 1.93. The molecule has 0 saturated heterocycles. The van der Waals surface area contributed by atoms with E-state index in [9.17, 15) is 9.59 Å². The van der Waals surface area contributed by atoms with Gasteiger partial charge in [-0.3, -0.25) is 9.59 Å². The summed E-state index contributed by atoms with van der Waals surface area (Å²) in [6.07, 6.45) is 0.678. The Morgan fingerprint density at radius 1 is 1.00 bits per heavy atom. The van der Waals surface area contributed by atoms with Gasteiger partial charge in [-0.05, 0) is 0 Å². The predicted octanol–water partition coefficient (Wildman–Crippen LogP) is 2.99. The first-order valence-electron chi connectivity index (χ1n) is 5.47. The maximum Gasteiger partial charge on any atom is 0.224 e. The van der Waals surface area contributed by atoms with Crippen LogP contribution in [-0.4, -0.2) is 30.7 Å². The van der Waals surface area contributed by atoms with Gasteiger partial charge >= 0.3 is 0 Å². The maximum atomic E-state index is 10.8. The van der Waals surface area contributed by atoms with Gasteiger partial charge in [0.2, 0.25) is 5.91 Å². The van der Waals surface area contributed by atoms with Gasteiger partial charge in [-0.25, -0.2) is 0 Å². The van der Waals surface area contributed by atoms with E-state index in [-0.39, 0.29) is 25.2 Å². The number of hydrogen-bond acceptors (Lipinski definition) is 2. The molecule has 0 aromatic rings. The molecule has 98 valence electrons. The molecule has 0 aliphatic rings. The zero-order valence-electron chi connectivity index (χ0n) is 11.1. The molecule has 1 amide bonds. The van der Waals surface area contributed by atoms with Gasteiger partial charge in [0.25, 0.3) is 0 Å². The Labute approximate surface area is 101 Å². The summed E-state index contributed by atoms with van der Waals surface area (Å²) in [5.74, 6) is 0.889. The molecule has 0 spiro atoms. The van der Waals surface area contributed by atoms with Crippen molar-refractivity contribution in [3.8, 4) is 0 Å². The Morgan fingerprint density at radius 2 is 1.38 bits per heavy atom. The molecule has 0 heterocycles. The summed E-state index contributed by atoms with van der Waals surface area (Å²) in [6.45, 7) is 9.52. The van der Waals surface area contributed by atoms with Crippen molar-refractivity contribution in [3.63, 3.8) is 0 Å². The lowest BCUT2D eigenvalue weighted by Gasteiger charge is -2.11. The number of nitrogens with zero attached hydrogens (tertiary/aromatic N) is 1.